The van der Waals surface area contributed by atoms with Gasteiger partial charge in [0.1, 0.15) is 5.52 Å². The predicted octanol–water partition coefficient (Wildman–Crippen LogP) is 3.08. The minimum Gasteiger partial charge on any atom is -0.481 e. The second kappa shape index (κ2) is 5.84. The summed E-state index contributed by atoms with van der Waals surface area (Å²) in [6, 6.07) is 7.41. The summed E-state index contributed by atoms with van der Waals surface area (Å²) in [6.07, 6.45) is 2.08. The number of carbonyl (C=O) groups is 1. The fraction of sp³-hybridized carbons (Fsp3) is 0.143. The van der Waals surface area contributed by atoms with Gasteiger partial charge in [-0.2, -0.15) is 0 Å². The fourth-order valence-corrected chi connectivity index (χ4v) is 2.32. The summed E-state index contributed by atoms with van der Waals surface area (Å²) >= 11 is 1.23. The molecule has 3 rings (SSSR count). The summed E-state index contributed by atoms with van der Waals surface area (Å²) in [5, 5.41) is 14.6. The Hall–Kier alpha value is -2.54. The first-order valence-electron chi connectivity index (χ1n) is 6.28. The lowest BCUT2D eigenvalue weighted by atomic mass is 10.1. The molecule has 0 fully saturated rings. The van der Waals surface area contributed by atoms with Crippen molar-refractivity contribution in [2.24, 2.45) is 0 Å². The van der Waals surface area contributed by atoms with Crippen molar-refractivity contribution in [3.05, 3.63) is 41.2 Å². The van der Waals surface area contributed by atoms with Crippen molar-refractivity contribution in [3.8, 4) is 0 Å². The van der Waals surface area contributed by atoms with Gasteiger partial charge in [0.05, 0.1) is 5.69 Å². The molecule has 0 aliphatic carbocycles. The van der Waals surface area contributed by atoms with Crippen LogP contribution in [-0.4, -0.2) is 25.6 Å². The highest BCUT2D eigenvalue weighted by Gasteiger charge is 2.13. The minimum atomic E-state index is -0.867. The van der Waals surface area contributed by atoms with E-state index < -0.39 is 5.97 Å². The van der Waals surface area contributed by atoms with Crippen molar-refractivity contribution in [2.75, 3.05) is 0 Å². The van der Waals surface area contributed by atoms with E-state index in [1.165, 1.54) is 11.5 Å². The van der Waals surface area contributed by atoms with Gasteiger partial charge in [0, 0.05) is 17.4 Å². The zero-order valence-electron chi connectivity index (χ0n) is 10.9. The monoisotopic (exact) mass is 301 g/mol. The molecule has 1 N–H and O–H groups in total. The topological polar surface area (TPSA) is 89.1 Å². The summed E-state index contributed by atoms with van der Waals surface area (Å²) in [5.41, 5.74) is 2.78. The lowest BCUT2D eigenvalue weighted by molar-refractivity contribution is -0.136. The van der Waals surface area contributed by atoms with Crippen LogP contribution in [-0.2, 0) is 4.79 Å². The molecule has 0 bridgehead atoms. The Balaban J connectivity index is 1.99. The van der Waals surface area contributed by atoms with Gasteiger partial charge in [0.25, 0.3) is 0 Å². The number of nitrogens with zero attached hydrogens (tertiary/aromatic N) is 3. The molecular formula is C14H11N3O3S. The van der Waals surface area contributed by atoms with Crippen LogP contribution < -0.4 is 0 Å². The number of aromatic nitrogens is 3. The average Bonchev–Trinajstić information content (AvgIpc) is 3.11. The van der Waals surface area contributed by atoms with Crippen LogP contribution in [0.5, 0.6) is 0 Å². The van der Waals surface area contributed by atoms with Crippen molar-refractivity contribution in [1.29, 1.82) is 0 Å². The Morgan fingerprint density at radius 3 is 2.90 bits per heavy atom. The van der Waals surface area contributed by atoms with Crippen LogP contribution >= 0.6 is 11.5 Å². The van der Waals surface area contributed by atoms with Crippen molar-refractivity contribution in [2.45, 2.75) is 12.8 Å². The van der Waals surface area contributed by atoms with Crippen LogP contribution in [0.25, 0.3) is 22.7 Å². The van der Waals surface area contributed by atoms with Crippen LogP contribution in [0, 0.1) is 0 Å². The molecule has 0 radical (unpaired) electrons. The molecule has 0 aliphatic rings. The van der Waals surface area contributed by atoms with Crippen LogP contribution in [0.3, 0.4) is 0 Å². The number of para-hydroxylation sites is 2. The van der Waals surface area contributed by atoms with Crippen molar-refractivity contribution >= 4 is 40.3 Å². The third kappa shape index (κ3) is 3.14. The number of allylic oxidation sites excluding steroid dienone is 1. The summed E-state index contributed by atoms with van der Waals surface area (Å²) in [4.78, 5) is 15.2. The Morgan fingerprint density at radius 2 is 2.19 bits per heavy atom. The lowest BCUT2D eigenvalue weighted by Gasteiger charge is -2.00. The van der Waals surface area contributed by atoms with E-state index in [0.717, 1.165) is 5.52 Å². The Labute approximate surface area is 123 Å². The Kier molecular flexibility index (Phi) is 3.74. The largest absolute Gasteiger partial charge is 0.481 e. The Bertz CT molecular complexity index is 760. The molecule has 0 saturated carbocycles. The SMILES string of the molecule is O=C(O)CCC(=Cc1csnn1)c1nc2ccccc2o1. The Morgan fingerprint density at radius 1 is 1.33 bits per heavy atom. The van der Waals surface area contributed by atoms with Gasteiger partial charge in [-0.25, -0.2) is 4.98 Å². The molecule has 2 aromatic heterocycles. The van der Waals surface area contributed by atoms with Gasteiger partial charge in [0.2, 0.25) is 5.89 Å². The van der Waals surface area contributed by atoms with Gasteiger partial charge in [-0.05, 0) is 36.2 Å². The van der Waals surface area contributed by atoms with Gasteiger partial charge in [-0.3, -0.25) is 4.79 Å². The molecule has 106 valence electrons. The zero-order chi connectivity index (χ0) is 14.7. The molecule has 6 nitrogen and oxygen atoms in total. The number of carboxylic acids is 1. The third-order valence-corrected chi connectivity index (χ3v) is 3.40. The van der Waals surface area contributed by atoms with Crippen molar-refractivity contribution < 1.29 is 14.3 Å². The second-order valence-corrected chi connectivity index (χ2v) is 4.99. The molecule has 3 aromatic rings. The molecular weight excluding hydrogens is 290 g/mol. The summed E-state index contributed by atoms with van der Waals surface area (Å²) in [6.45, 7) is 0. The van der Waals surface area contributed by atoms with Crippen LogP contribution in [0.4, 0.5) is 0 Å². The predicted molar refractivity (Wildman–Crippen MR) is 78.7 cm³/mol. The molecule has 21 heavy (non-hydrogen) atoms. The van der Waals surface area contributed by atoms with Gasteiger partial charge in [-0.15, -0.1) is 5.10 Å². The molecule has 0 spiro atoms. The maximum Gasteiger partial charge on any atom is 0.303 e. The zero-order valence-corrected chi connectivity index (χ0v) is 11.7. The molecule has 0 aliphatic heterocycles. The maximum atomic E-state index is 10.8. The van der Waals surface area contributed by atoms with E-state index in [-0.39, 0.29) is 6.42 Å². The summed E-state index contributed by atoms with van der Waals surface area (Å²) in [7, 11) is 0. The molecule has 1 aromatic carbocycles. The fourth-order valence-electron chi connectivity index (χ4n) is 1.91. The quantitative estimate of drug-likeness (QED) is 0.779. The molecule has 7 heteroatoms. The van der Waals surface area contributed by atoms with Crippen molar-refractivity contribution in [3.63, 3.8) is 0 Å². The summed E-state index contributed by atoms with van der Waals surface area (Å²) < 4.78 is 9.48. The summed E-state index contributed by atoms with van der Waals surface area (Å²) in [5.74, 6) is -0.445. The van der Waals surface area contributed by atoms with Crippen molar-refractivity contribution in [1.82, 2.24) is 14.6 Å². The van der Waals surface area contributed by atoms with Gasteiger partial charge in [-0.1, -0.05) is 16.6 Å². The first-order valence-corrected chi connectivity index (χ1v) is 7.11. The normalized spacial score (nSPS) is 11.9. The third-order valence-electron chi connectivity index (χ3n) is 2.88. The highest BCUT2D eigenvalue weighted by Crippen LogP contribution is 2.26. The molecule has 0 saturated heterocycles. The number of hydrogen-bond acceptors (Lipinski definition) is 6. The number of aliphatic carboxylic acids is 1. The first kappa shape index (κ1) is 13.4. The van der Waals surface area contributed by atoms with Crippen LogP contribution in [0.1, 0.15) is 24.4 Å². The van der Waals surface area contributed by atoms with E-state index in [9.17, 15) is 4.79 Å². The van der Waals surface area contributed by atoms with Gasteiger partial charge >= 0.3 is 5.97 Å². The van der Waals surface area contributed by atoms with Gasteiger partial charge in [0.15, 0.2) is 5.58 Å². The smallest absolute Gasteiger partial charge is 0.303 e. The van der Waals surface area contributed by atoms with Crippen LogP contribution in [0.15, 0.2) is 34.1 Å². The molecule has 2 heterocycles. The standard InChI is InChI=1S/C14H11N3O3S/c18-13(19)6-5-9(7-10-8-21-17-16-10)14-15-11-3-1-2-4-12(11)20-14/h1-4,7-8H,5-6H2,(H,18,19). The average molecular weight is 301 g/mol. The van der Waals surface area contributed by atoms with E-state index in [1.54, 1.807) is 11.5 Å². The lowest BCUT2D eigenvalue weighted by Crippen LogP contribution is -1.96. The second-order valence-electron chi connectivity index (χ2n) is 4.38. The van der Waals surface area contributed by atoms with E-state index in [4.69, 9.17) is 9.52 Å². The molecule has 0 amide bonds. The maximum absolute atomic E-state index is 10.8. The number of fused-ring (bicyclic) bond motifs is 1. The number of carboxylic acid groups (broad SMARTS) is 1. The van der Waals surface area contributed by atoms with Crippen LogP contribution in [0.2, 0.25) is 0 Å². The molecule has 0 atom stereocenters. The van der Waals surface area contributed by atoms with Gasteiger partial charge < -0.3 is 9.52 Å². The molecule has 0 unspecified atom stereocenters. The first-order chi connectivity index (χ1) is 10.2. The highest BCUT2D eigenvalue weighted by molar-refractivity contribution is 7.03. The number of oxazole rings is 1. The number of rotatable bonds is 5. The van der Waals surface area contributed by atoms with E-state index in [1.807, 2.05) is 24.3 Å². The number of hydrogen-bond donors (Lipinski definition) is 1. The van der Waals surface area contributed by atoms with E-state index in [0.29, 0.717) is 29.2 Å². The van der Waals surface area contributed by atoms with E-state index >= 15 is 0 Å². The highest BCUT2D eigenvalue weighted by atomic mass is 32.1. The minimum absolute atomic E-state index is 0.00211. The van der Waals surface area contributed by atoms with E-state index in [2.05, 4.69) is 14.6 Å². The number of benzene rings is 1.